The zero-order valence-electron chi connectivity index (χ0n) is 11.9. The number of hydrogen-bond donors (Lipinski definition) is 0. The largest absolute Gasteiger partial charge is 0.487 e. The highest BCUT2D eigenvalue weighted by atomic mass is 16.5. The summed E-state index contributed by atoms with van der Waals surface area (Å²) in [6, 6.07) is 16.9. The van der Waals surface area contributed by atoms with Crippen LogP contribution in [0.25, 0.3) is 0 Å². The van der Waals surface area contributed by atoms with E-state index in [1.807, 2.05) is 61.5 Å². The van der Waals surface area contributed by atoms with E-state index >= 15 is 0 Å². The summed E-state index contributed by atoms with van der Waals surface area (Å²) in [4.78, 5) is 14.2. The van der Waals surface area contributed by atoms with Crippen molar-refractivity contribution in [1.82, 2.24) is 0 Å². The maximum atomic E-state index is 12.4. The van der Waals surface area contributed by atoms with Crippen LogP contribution in [0.2, 0.25) is 0 Å². The molecule has 108 valence electrons. The SMILES string of the molecule is CC1CN(C(=O)COc2ccccc2)c2ccccc2O1. The van der Waals surface area contributed by atoms with Gasteiger partial charge in [-0.15, -0.1) is 0 Å². The molecule has 21 heavy (non-hydrogen) atoms. The highest BCUT2D eigenvalue weighted by Gasteiger charge is 2.27. The molecule has 0 aliphatic carbocycles. The van der Waals surface area contributed by atoms with Crippen LogP contribution in [0.3, 0.4) is 0 Å². The third-order valence-electron chi connectivity index (χ3n) is 3.33. The lowest BCUT2D eigenvalue weighted by molar-refractivity contribution is -0.121. The maximum absolute atomic E-state index is 12.4. The summed E-state index contributed by atoms with van der Waals surface area (Å²) in [5.41, 5.74) is 0.803. The van der Waals surface area contributed by atoms with E-state index in [4.69, 9.17) is 9.47 Å². The van der Waals surface area contributed by atoms with Crippen molar-refractivity contribution < 1.29 is 14.3 Å². The van der Waals surface area contributed by atoms with Gasteiger partial charge in [0, 0.05) is 0 Å². The number of ether oxygens (including phenoxy) is 2. The summed E-state index contributed by atoms with van der Waals surface area (Å²) in [7, 11) is 0. The molecule has 1 amide bonds. The fourth-order valence-corrected chi connectivity index (χ4v) is 2.37. The standard InChI is InChI=1S/C17H17NO3/c1-13-11-18(15-9-5-6-10-16(15)21-13)17(19)12-20-14-7-3-2-4-8-14/h2-10,13H,11-12H2,1H3. The second-order valence-electron chi connectivity index (χ2n) is 5.00. The van der Waals surface area contributed by atoms with Gasteiger partial charge < -0.3 is 14.4 Å². The molecule has 0 spiro atoms. The zero-order chi connectivity index (χ0) is 14.7. The maximum Gasteiger partial charge on any atom is 0.265 e. The van der Waals surface area contributed by atoms with E-state index in [0.717, 1.165) is 11.4 Å². The molecule has 2 aromatic rings. The van der Waals surface area contributed by atoms with Crippen LogP contribution in [0.4, 0.5) is 5.69 Å². The van der Waals surface area contributed by atoms with Crippen molar-refractivity contribution in [2.24, 2.45) is 0 Å². The minimum absolute atomic E-state index is 0.0189. The van der Waals surface area contributed by atoms with Gasteiger partial charge in [-0.05, 0) is 31.2 Å². The zero-order valence-corrected chi connectivity index (χ0v) is 11.9. The van der Waals surface area contributed by atoms with Crippen LogP contribution in [0.1, 0.15) is 6.92 Å². The first-order valence-corrected chi connectivity index (χ1v) is 6.98. The predicted octanol–water partition coefficient (Wildman–Crippen LogP) is 2.88. The first-order valence-electron chi connectivity index (χ1n) is 6.98. The molecular weight excluding hydrogens is 266 g/mol. The van der Waals surface area contributed by atoms with Crippen molar-refractivity contribution in [2.75, 3.05) is 18.1 Å². The van der Waals surface area contributed by atoms with Crippen LogP contribution >= 0.6 is 0 Å². The Balaban J connectivity index is 1.73. The molecule has 0 saturated heterocycles. The lowest BCUT2D eigenvalue weighted by Gasteiger charge is -2.33. The Labute approximate surface area is 123 Å². The second kappa shape index (κ2) is 5.87. The van der Waals surface area contributed by atoms with E-state index in [9.17, 15) is 4.79 Å². The monoisotopic (exact) mass is 283 g/mol. The highest BCUT2D eigenvalue weighted by molar-refractivity contribution is 5.96. The minimum atomic E-state index is -0.0681. The number of nitrogens with zero attached hydrogens (tertiary/aromatic N) is 1. The van der Waals surface area contributed by atoms with Crippen molar-refractivity contribution in [3.8, 4) is 11.5 Å². The van der Waals surface area contributed by atoms with Crippen LogP contribution in [0, 0.1) is 0 Å². The van der Waals surface area contributed by atoms with Gasteiger partial charge in [-0.3, -0.25) is 4.79 Å². The summed E-state index contributed by atoms with van der Waals surface area (Å²) in [5.74, 6) is 1.37. The molecule has 1 aliphatic heterocycles. The molecule has 0 aromatic heterocycles. The molecule has 4 nitrogen and oxygen atoms in total. The molecule has 0 bridgehead atoms. The average Bonchev–Trinajstić information content (AvgIpc) is 2.52. The Hall–Kier alpha value is -2.49. The van der Waals surface area contributed by atoms with Gasteiger partial charge in [0.25, 0.3) is 5.91 Å². The molecule has 0 fully saturated rings. The van der Waals surface area contributed by atoms with E-state index < -0.39 is 0 Å². The molecule has 3 rings (SSSR count). The summed E-state index contributed by atoms with van der Waals surface area (Å²) in [6.45, 7) is 2.51. The van der Waals surface area contributed by atoms with E-state index in [1.165, 1.54) is 0 Å². The van der Waals surface area contributed by atoms with Crippen molar-refractivity contribution in [2.45, 2.75) is 13.0 Å². The van der Waals surface area contributed by atoms with Gasteiger partial charge in [0.15, 0.2) is 6.61 Å². The lowest BCUT2D eigenvalue weighted by atomic mass is 10.2. The predicted molar refractivity (Wildman–Crippen MR) is 80.8 cm³/mol. The first-order chi connectivity index (χ1) is 10.2. The number of carbonyl (C=O) groups excluding carboxylic acids is 1. The van der Waals surface area contributed by atoms with Gasteiger partial charge in [-0.1, -0.05) is 30.3 Å². The Morgan fingerprint density at radius 1 is 1.19 bits per heavy atom. The van der Waals surface area contributed by atoms with Gasteiger partial charge in [0.2, 0.25) is 0 Å². The molecular formula is C17H17NO3. The molecule has 1 unspecified atom stereocenters. The van der Waals surface area contributed by atoms with Gasteiger partial charge >= 0.3 is 0 Å². The number of rotatable bonds is 3. The number of fused-ring (bicyclic) bond motifs is 1. The number of anilines is 1. The van der Waals surface area contributed by atoms with Crippen LogP contribution in [0.15, 0.2) is 54.6 Å². The Bertz CT molecular complexity index is 627. The molecule has 1 aliphatic rings. The van der Waals surface area contributed by atoms with Crippen molar-refractivity contribution in [3.05, 3.63) is 54.6 Å². The molecule has 2 aromatic carbocycles. The lowest BCUT2D eigenvalue weighted by Crippen LogP contribution is -2.44. The van der Waals surface area contributed by atoms with Crippen LogP contribution in [-0.4, -0.2) is 25.2 Å². The van der Waals surface area contributed by atoms with E-state index in [1.54, 1.807) is 4.90 Å². The molecule has 0 N–H and O–H groups in total. The minimum Gasteiger partial charge on any atom is -0.487 e. The number of benzene rings is 2. The van der Waals surface area contributed by atoms with E-state index in [-0.39, 0.29) is 18.6 Å². The van der Waals surface area contributed by atoms with Gasteiger partial charge in [0.05, 0.1) is 12.2 Å². The molecule has 0 saturated carbocycles. The Morgan fingerprint density at radius 3 is 2.71 bits per heavy atom. The molecule has 1 atom stereocenters. The molecule has 1 heterocycles. The van der Waals surface area contributed by atoms with Crippen molar-refractivity contribution in [1.29, 1.82) is 0 Å². The normalized spacial score (nSPS) is 16.8. The average molecular weight is 283 g/mol. The van der Waals surface area contributed by atoms with Crippen LogP contribution in [0.5, 0.6) is 11.5 Å². The van der Waals surface area contributed by atoms with Crippen LogP contribution < -0.4 is 14.4 Å². The third-order valence-corrected chi connectivity index (χ3v) is 3.33. The summed E-state index contributed by atoms with van der Waals surface area (Å²) >= 11 is 0. The van der Waals surface area contributed by atoms with Crippen molar-refractivity contribution in [3.63, 3.8) is 0 Å². The first kappa shape index (κ1) is 13.5. The highest BCUT2D eigenvalue weighted by Crippen LogP contribution is 2.32. The van der Waals surface area contributed by atoms with Crippen molar-refractivity contribution >= 4 is 11.6 Å². The fourth-order valence-electron chi connectivity index (χ4n) is 2.37. The number of amides is 1. The Kier molecular flexibility index (Phi) is 3.77. The third kappa shape index (κ3) is 2.99. The number of hydrogen-bond acceptors (Lipinski definition) is 3. The number of carbonyl (C=O) groups is 1. The topological polar surface area (TPSA) is 38.8 Å². The Morgan fingerprint density at radius 2 is 1.90 bits per heavy atom. The van der Waals surface area contributed by atoms with Crippen LogP contribution in [-0.2, 0) is 4.79 Å². The van der Waals surface area contributed by atoms with E-state index in [0.29, 0.717) is 12.3 Å². The van der Waals surface area contributed by atoms with Gasteiger partial charge in [-0.2, -0.15) is 0 Å². The second-order valence-corrected chi connectivity index (χ2v) is 5.00. The summed E-state index contributed by atoms with van der Waals surface area (Å²) in [5, 5.41) is 0. The fraction of sp³-hybridized carbons (Fsp3) is 0.235. The molecule has 0 radical (unpaired) electrons. The van der Waals surface area contributed by atoms with E-state index in [2.05, 4.69) is 0 Å². The summed E-state index contributed by atoms with van der Waals surface area (Å²) in [6.07, 6.45) is -0.0272. The smallest absolute Gasteiger partial charge is 0.265 e. The van der Waals surface area contributed by atoms with Gasteiger partial charge in [0.1, 0.15) is 17.6 Å². The molecule has 4 heteroatoms. The van der Waals surface area contributed by atoms with Gasteiger partial charge in [-0.25, -0.2) is 0 Å². The number of para-hydroxylation sites is 3. The quantitative estimate of drug-likeness (QED) is 0.869. The summed E-state index contributed by atoms with van der Waals surface area (Å²) < 4.78 is 11.3.